The first kappa shape index (κ1) is 16.5. The van der Waals surface area contributed by atoms with Gasteiger partial charge in [-0.05, 0) is 19.8 Å². The summed E-state index contributed by atoms with van der Waals surface area (Å²) in [5.41, 5.74) is 0. The molecule has 0 saturated carbocycles. The van der Waals surface area contributed by atoms with Crippen LogP contribution in [0, 0.1) is 5.92 Å². The number of methoxy groups -OCH3 is 1. The Labute approximate surface area is 122 Å². The lowest BCUT2D eigenvalue weighted by atomic mass is 10.0. The molecule has 0 amide bonds. The molecular formula is C14H27N5O. The van der Waals surface area contributed by atoms with E-state index < -0.39 is 0 Å². The average Bonchev–Trinajstić information content (AvgIpc) is 2.48. The highest BCUT2D eigenvalue weighted by Gasteiger charge is 2.15. The Balaban J connectivity index is 2.97. The van der Waals surface area contributed by atoms with Gasteiger partial charge in [-0.2, -0.15) is 15.0 Å². The molecule has 0 aliphatic rings. The Morgan fingerprint density at radius 3 is 2.30 bits per heavy atom. The van der Waals surface area contributed by atoms with E-state index in [1.54, 1.807) is 7.11 Å². The number of anilines is 2. The highest BCUT2D eigenvalue weighted by Crippen LogP contribution is 2.18. The van der Waals surface area contributed by atoms with Crippen molar-refractivity contribution in [1.82, 2.24) is 15.0 Å². The van der Waals surface area contributed by atoms with Crippen LogP contribution in [-0.2, 0) is 0 Å². The Morgan fingerprint density at radius 2 is 1.80 bits per heavy atom. The van der Waals surface area contributed by atoms with Crippen molar-refractivity contribution in [2.24, 2.45) is 5.92 Å². The lowest BCUT2D eigenvalue weighted by Gasteiger charge is -2.25. The number of nitrogens with one attached hydrogen (secondary N) is 1. The summed E-state index contributed by atoms with van der Waals surface area (Å²) < 4.78 is 5.17. The third kappa shape index (κ3) is 4.51. The fourth-order valence-electron chi connectivity index (χ4n) is 2.03. The highest BCUT2D eigenvalue weighted by molar-refractivity contribution is 5.38. The van der Waals surface area contributed by atoms with Gasteiger partial charge in [-0.25, -0.2) is 0 Å². The van der Waals surface area contributed by atoms with E-state index in [4.69, 9.17) is 4.74 Å². The molecule has 1 aromatic heterocycles. The van der Waals surface area contributed by atoms with E-state index in [1.807, 2.05) is 6.92 Å². The van der Waals surface area contributed by atoms with Crippen LogP contribution in [0.3, 0.4) is 0 Å². The molecule has 0 fully saturated rings. The molecule has 6 nitrogen and oxygen atoms in total. The summed E-state index contributed by atoms with van der Waals surface area (Å²) in [5, 5.41) is 3.11. The van der Waals surface area contributed by atoms with E-state index in [9.17, 15) is 0 Å². The quantitative estimate of drug-likeness (QED) is 0.750. The molecule has 0 atom stereocenters. The van der Waals surface area contributed by atoms with Crippen molar-refractivity contribution >= 4 is 11.9 Å². The molecule has 0 aliphatic carbocycles. The van der Waals surface area contributed by atoms with Crippen LogP contribution in [0.15, 0.2) is 0 Å². The predicted molar refractivity (Wildman–Crippen MR) is 82.5 cm³/mol. The second kappa shape index (κ2) is 8.55. The fourth-order valence-corrected chi connectivity index (χ4v) is 2.03. The summed E-state index contributed by atoms with van der Waals surface area (Å²) in [6.07, 6.45) is 2.32. The summed E-state index contributed by atoms with van der Waals surface area (Å²) in [5.74, 6) is 1.90. The molecule has 0 aliphatic heterocycles. The molecule has 0 spiro atoms. The fraction of sp³-hybridized carbons (Fsp3) is 0.786. The van der Waals surface area contributed by atoms with Crippen LogP contribution in [0.4, 0.5) is 11.9 Å². The average molecular weight is 281 g/mol. The van der Waals surface area contributed by atoms with E-state index in [-0.39, 0.29) is 0 Å². The molecule has 1 N–H and O–H groups in total. The van der Waals surface area contributed by atoms with Crippen LogP contribution in [0.5, 0.6) is 6.01 Å². The number of hydrogen-bond acceptors (Lipinski definition) is 6. The van der Waals surface area contributed by atoms with Crippen molar-refractivity contribution in [2.75, 3.05) is 37.0 Å². The van der Waals surface area contributed by atoms with Gasteiger partial charge >= 0.3 is 6.01 Å². The summed E-state index contributed by atoms with van der Waals surface area (Å²) in [7, 11) is 1.58. The zero-order chi connectivity index (χ0) is 15.0. The van der Waals surface area contributed by atoms with E-state index >= 15 is 0 Å². The lowest BCUT2D eigenvalue weighted by molar-refractivity contribution is 0.378. The first-order valence-electron chi connectivity index (χ1n) is 7.47. The predicted octanol–water partition coefficient (Wildman–Crippen LogP) is 2.57. The minimum Gasteiger partial charge on any atom is -0.467 e. The molecule has 6 heteroatoms. The van der Waals surface area contributed by atoms with Gasteiger partial charge in [0.05, 0.1) is 7.11 Å². The van der Waals surface area contributed by atoms with E-state index in [0.29, 0.717) is 23.8 Å². The summed E-state index contributed by atoms with van der Waals surface area (Å²) >= 11 is 0. The van der Waals surface area contributed by atoms with E-state index in [2.05, 4.69) is 45.9 Å². The SMILES string of the molecule is CCNc1nc(OC)nc(N(CC)CC(CC)CC)n1. The third-order valence-corrected chi connectivity index (χ3v) is 3.42. The van der Waals surface area contributed by atoms with Gasteiger partial charge < -0.3 is 15.0 Å². The van der Waals surface area contributed by atoms with Crippen LogP contribution in [0.2, 0.25) is 0 Å². The smallest absolute Gasteiger partial charge is 0.322 e. The molecule has 0 saturated heterocycles. The van der Waals surface area contributed by atoms with Gasteiger partial charge in [0.25, 0.3) is 0 Å². The largest absolute Gasteiger partial charge is 0.467 e. The number of rotatable bonds is 9. The van der Waals surface area contributed by atoms with Gasteiger partial charge in [0.2, 0.25) is 11.9 Å². The van der Waals surface area contributed by atoms with E-state index in [1.165, 1.54) is 0 Å². The lowest BCUT2D eigenvalue weighted by Crippen LogP contribution is -2.31. The minimum atomic E-state index is 0.356. The standard InChI is InChI=1S/C14H27N5O/c1-6-11(7-2)10-19(9-4)13-16-12(15-8-3)17-14(18-13)20-5/h11H,6-10H2,1-5H3,(H,15,16,17,18). The molecule has 0 aromatic carbocycles. The van der Waals surface area contributed by atoms with Gasteiger partial charge in [-0.15, -0.1) is 0 Å². The van der Waals surface area contributed by atoms with Crippen molar-refractivity contribution in [2.45, 2.75) is 40.5 Å². The van der Waals surface area contributed by atoms with Crippen molar-refractivity contribution in [3.8, 4) is 6.01 Å². The zero-order valence-corrected chi connectivity index (χ0v) is 13.3. The third-order valence-electron chi connectivity index (χ3n) is 3.42. The van der Waals surface area contributed by atoms with Crippen molar-refractivity contribution in [3.63, 3.8) is 0 Å². The maximum atomic E-state index is 5.17. The molecule has 20 heavy (non-hydrogen) atoms. The molecule has 0 bridgehead atoms. The summed E-state index contributed by atoms with van der Waals surface area (Å²) in [6, 6.07) is 0.356. The Morgan fingerprint density at radius 1 is 1.10 bits per heavy atom. The minimum absolute atomic E-state index is 0.356. The van der Waals surface area contributed by atoms with Crippen LogP contribution in [0.1, 0.15) is 40.5 Å². The van der Waals surface area contributed by atoms with E-state index in [0.717, 1.165) is 32.5 Å². The Bertz CT molecular complexity index is 395. The Hall–Kier alpha value is -1.59. The highest BCUT2D eigenvalue weighted by atomic mass is 16.5. The van der Waals surface area contributed by atoms with Crippen molar-refractivity contribution in [1.29, 1.82) is 0 Å². The monoisotopic (exact) mass is 281 g/mol. The maximum Gasteiger partial charge on any atom is 0.322 e. The van der Waals surface area contributed by atoms with Gasteiger partial charge in [-0.1, -0.05) is 26.7 Å². The molecule has 1 aromatic rings. The second-order valence-corrected chi connectivity index (χ2v) is 4.70. The maximum absolute atomic E-state index is 5.17. The van der Waals surface area contributed by atoms with Crippen molar-refractivity contribution < 1.29 is 4.74 Å². The first-order chi connectivity index (χ1) is 9.68. The number of hydrogen-bond donors (Lipinski definition) is 1. The number of ether oxygens (including phenoxy) is 1. The van der Waals surface area contributed by atoms with Gasteiger partial charge in [0.15, 0.2) is 0 Å². The van der Waals surface area contributed by atoms with Crippen LogP contribution < -0.4 is 15.0 Å². The number of nitrogens with zero attached hydrogens (tertiary/aromatic N) is 4. The van der Waals surface area contributed by atoms with Gasteiger partial charge in [-0.3, -0.25) is 0 Å². The van der Waals surface area contributed by atoms with Crippen molar-refractivity contribution in [3.05, 3.63) is 0 Å². The van der Waals surface area contributed by atoms with Crippen LogP contribution >= 0.6 is 0 Å². The van der Waals surface area contributed by atoms with Gasteiger partial charge in [0, 0.05) is 19.6 Å². The summed E-state index contributed by atoms with van der Waals surface area (Å²) in [4.78, 5) is 15.2. The molecule has 114 valence electrons. The summed E-state index contributed by atoms with van der Waals surface area (Å²) in [6.45, 7) is 11.2. The number of aromatic nitrogens is 3. The molecule has 0 radical (unpaired) electrons. The van der Waals surface area contributed by atoms with Gasteiger partial charge in [0.1, 0.15) is 0 Å². The Kier molecular flexibility index (Phi) is 7.04. The topological polar surface area (TPSA) is 63.2 Å². The normalized spacial score (nSPS) is 10.7. The van der Waals surface area contributed by atoms with Crippen LogP contribution in [0.25, 0.3) is 0 Å². The molecule has 1 rings (SSSR count). The molecular weight excluding hydrogens is 254 g/mol. The first-order valence-corrected chi connectivity index (χ1v) is 7.47. The van der Waals surface area contributed by atoms with Crippen LogP contribution in [-0.4, -0.2) is 41.7 Å². The zero-order valence-electron chi connectivity index (χ0n) is 13.3. The molecule has 1 heterocycles. The molecule has 0 unspecified atom stereocenters. The second-order valence-electron chi connectivity index (χ2n) is 4.70.